The summed E-state index contributed by atoms with van der Waals surface area (Å²) < 4.78 is 43.5. The first-order chi connectivity index (χ1) is 12.4. The molecule has 1 aromatic carbocycles. The third-order valence-electron chi connectivity index (χ3n) is 4.28. The molecule has 3 rings (SSSR count). The summed E-state index contributed by atoms with van der Waals surface area (Å²) in [4.78, 5) is 16.1. The zero-order valence-electron chi connectivity index (χ0n) is 14.1. The van der Waals surface area contributed by atoms with Crippen molar-refractivity contribution in [3.05, 3.63) is 65.6 Å². The lowest BCUT2D eigenvalue weighted by molar-refractivity contribution is -0.137. The van der Waals surface area contributed by atoms with Gasteiger partial charge in [-0.3, -0.25) is 9.69 Å². The van der Waals surface area contributed by atoms with Crippen LogP contribution in [0.25, 0.3) is 6.08 Å². The Labute approximate surface area is 149 Å². The van der Waals surface area contributed by atoms with E-state index in [-0.39, 0.29) is 5.91 Å². The van der Waals surface area contributed by atoms with Crippen molar-refractivity contribution in [3.63, 3.8) is 0 Å². The first-order valence-corrected chi connectivity index (χ1v) is 8.31. The van der Waals surface area contributed by atoms with Crippen LogP contribution in [0.2, 0.25) is 0 Å². The van der Waals surface area contributed by atoms with Crippen molar-refractivity contribution < 1.29 is 22.4 Å². The predicted molar refractivity (Wildman–Crippen MR) is 91.0 cm³/mol. The van der Waals surface area contributed by atoms with E-state index in [1.165, 1.54) is 18.2 Å². The van der Waals surface area contributed by atoms with Gasteiger partial charge in [0.1, 0.15) is 5.76 Å². The van der Waals surface area contributed by atoms with Crippen molar-refractivity contribution in [1.29, 1.82) is 0 Å². The van der Waals surface area contributed by atoms with E-state index in [2.05, 4.69) is 4.90 Å². The van der Waals surface area contributed by atoms with Gasteiger partial charge in [-0.2, -0.15) is 13.2 Å². The van der Waals surface area contributed by atoms with E-state index in [1.54, 1.807) is 17.2 Å². The monoisotopic (exact) mass is 364 g/mol. The maximum Gasteiger partial charge on any atom is 0.416 e. The van der Waals surface area contributed by atoms with Gasteiger partial charge in [-0.1, -0.05) is 12.1 Å². The van der Waals surface area contributed by atoms with Crippen LogP contribution in [-0.2, 0) is 17.5 Å². The Balaban J connectivity index is 1.53. The molecule has 4 nitrogen and oxygen atoms in total. The number of furan rings is 1. The molecule has 26 heavy (non-hydrogen) atoms. The van der Waals surface area contributed by atoms with E-state index < -0.39 is 11.7 Å². The Hall–Kier alpha value is -2.54. The van der Waals surface area contributed by atoms with Crippen LogP contribution in [0.4, 0.5) is 13.2 Å². The van der Waals surface area contributed by atoms with Crippen molar-refractivity contribution >= 4 is 12.0 Å². The second-order valence-electron chi connectivity index (χ2n) is 6.14. The molecule has 1 fully saturated rings. The minimum Gasteiger partial charge on any atom is -0.468 e. The van der Waals surface area contributed by atoms with Crippen molar-refractivity contribution in [2.24, 2.45) is 0 Å². The molecule has 1 amide bonds. The molecule has 1 saturated heterocycles. The number of nitrogens with zero attached hydrogens (tertiary/aromatic N) is 2. The fraction of sp³-hybridized carbons (Fsp3) is 0.316. The second kappa shape index (κ2) is 7.78. The Bertz CT molecular complexity index is 761. The molecule has 1 aromatic heterocycles. The van der Waals surface area contributed by atoms with Crippen LogP contribution >= 0.6 is 0 Å². The average molecular weight is 364 g/mol. The second-order valence-corrected chi connectivity index (χ2v) is 6.14. The number of halogens is 3. The predicted octanol–water partition coefficient (Wildman–Crippen LogP) is 3.66. The number of carbonyl (C=O) groups excluding carboxylic acids is 1. The molecule has 1 aliphatic rings. The highest BCUT2D eigenvalue weighted by Crippen LogP contribution is 2.29. The first kappa shape index (κ1) is 18.3. The van der Waals surface area contributed by atoms with Gasteiger partial charge >= 0.3 is 6.18 Å². The summed E-state index contributed by atoms with van der Waals surface area (Å²) in [5.74, 6) is 0.689. The molecule has 2 heterocycles. The summed E-state index contributed by atoms with van der Waals surface area (Å²) in [6, 6.07) is 8.67. The molecule has 0 spiro atoms. The number of carbonyl (C=O) groups is 1. The minimum absolute atomic E-state index is 0.194. The number of alkyl halides is 3. The van der Waals surface area contributed by atoms with Gasteiger partial charge in [0.05, 0.1) is 18.4 Å². The smallest absolute Gasteiger partial charge is 0.416 e. The summed E-state index contributed by atoms with van der Waals surface area (Å²) in [5.41, 5.74) is -0.372. The van der Waals surface area contributed by atoms with Gasteiger partial charge < -0.3 is 9.32 Å². The fourth-order valence-electron chi connectivity index (χ4n) is 2.84. The summed E-state index contributed by atoms with van der Waals surface area (Å²) >= 11 is 0. The third kappa shape index (κ3) is 4.76. The van der Waals surface area contributed by atoms with Crippen LogP contribution in [0.5, 0.6) is 0 Å². The molecule has 2 aromatic rings. The van der Waals surface area contributed by atoms with Crippen molar-refractivity contribution in [2.45, 2.75) is 12.7 Å². The number of hydrogen-bond acceptors (Lipinski definition) is 3. The van der Waals surface area contributed by atoms with Gasteiger partial charge in [0.2, 0.25) is 5.91 Å². The summed E-state index contributed by atoms with van der Waals surface area (Å²) in [6.07, 6.45) is -0.00363. The van der Waals surface area contributed by atoms with Crippen LogP contribution in [0.3, 0.4) is 0 Å². The van der Waals surface area contributed by atoms with Gasteiger partial charge in [-0.05, 0) is 35.9 Å². The van der Waals surface area contributed by atoms with E-state index >= 15 is 0 Å². The number of rotatable bonds is 4. The molecular weight excluding hydrogens is 345 g/mol. The molecule has 138 valence electrons. The van der Waals surface area contributed by atoms with Crippen LogP contribution in [0, 0.1) is 0 Å². The van der Waals surface area contributed by atoms with Crippen molar-refractivity contribution in [1.82, 2.24) is 9.80 Å². The summed E-state index contributed by atoms with van der Waals surface area (Å²) in [6.45, 7) is 3.31. The van der Waals surface area contributed by atoms with E-state index in [1.807, 2.05) is 12.1 Å². The lowest BCUT2D eigenvalue weighted by Gasteiger charge is -2.33. The molecule has 0 unspecified atom stereocenters. The highest BCUT2D eigenvalue weighted by atomic mass is 19.4. The topological polar surface area (TPSA) is 36.7 Å². The van der Waals surface area contributed by atoms with Gasteiger partial charge in [0.15, 0.2) is 0 Å². The molecule has 0 bridgehead atoms. The Morgan fingerprint density at radius 1 is 1.12 bits per heavy atom. The van der Waals surface area contributed by atoms with Gasteiger partial charge in [0, 0.05) is 32.3 Å². The van der Waals surface area contributed by atoms with Crippen LogP contribution in [0.15, 0.2) is 53.2 Å². The number of piperazine rings is 1. The van der Waals surface area contributed by atoms with E-state index in [0.29, 0.717) is 25.2 Å². The highest BCUT2D eigenvalue weighted by Gasteiger charge is 2.30. The van der Waals surface area contributed by atoms with Crippen molar-refractivity contribution in [3.8, 4) is 0 Å². The van der Waals surface area contributed by atoms with Gasteiger partial charge in [-0.25, -0.2) is 0 Å². The largest absolute Gasteiger partial charge is 0.468 e. The lowest BCUT2D eigenvalue weighted by atomic mass is 10.1. The maximum atomic E-state index is 12.7. The summed E-state index contributed by atoms with van der Waals surface area (Å²) in [7, 11) is 0. The van der Waals surface area contributed by atoms with Crippen LogP contribution in [-0.4, -0.2) is 41.9 Å². The molecule has 0 radical (unpaired) electrons. The number of benzene rings is 1. The zero-order valence-corrected chi connectivity index (χ0v) is 14.1. The standard InChI is InChI=1S/C19H19F3N2O2/c20-19(21,22)16-4-1-3-15(13-16)6-7-18(25)24-10-8-23(9-11-24)14-17-5-2-12-26-17/h1-7,12-13H,8-11,14H2/b7-6+. The SMILES string of the molecule is O=C(/C=C/c1cccc(C(F)(F)F)c1)N1CCN(Cc2ccco2)CC1. The molecule has 0 saturated carbocycles. The van der Waals surface area contributed by atoms with E-state index in [0.717, 1.165) is 31.0 Å². The molecule has 0 atom stereocenters. The van der Waals surface area contributed by atoms with E-state index in [9.17, 15) is 18.0 Å². The van der Waals surface area contributed by atoms with Crippen molar-refractivity contribution in [2.75, 3.05) is 26.2 Å². The fourth-order valence-corrected chi connectivity index (χ4v) is 2.84. The average Bonchev–Trinajstić information content (AvgIpc) is 3.13. The Kier molecular flexibility index (Phi) is 5.46. The number of hydrogen-bond donors (Lipinski definition) is 0. The lowest BCUT2D eigenvalue weighted by Crippen LogP contribution is -2.47. The molecule has 0 N–H and O–H groups in total. The van der Waals surface area contributed by atoms with Gasteiger partial charge in [0.25, 0.3) is 0 Å². The van der Waals surface area contributed by atoms with Crippen LogP contribution < -0.4 is 0 Å². The molecular formula is C19H19F3N2O2. The normalized spacial score (nSPS) is 16.3. The Morgan fingerprint density at radius 3 is 2.54 bits per heavy atom. The summed E-state index contributed by atoms with van der Waals surface area (Å²) in [5, 5.41) is 0. The van der Waals surface area contributed by atoms with E-state index in [4.69, 9.17) is 4.42 Å². The van der Waals surface area contributed by atoms with Gasteiger partial charge in [-0.15, -0.1) is 0 Å². The third-order valence-corrected chi connectivity index (χ3v) is 4.28. The maximum absolute atomic E-state index is 12.7. The zero-order chi connectivity index (χ0) is 18.6. The van der Waals surface area contributed by atoms with Crippen LogP contribution in [0.1, 0.15) is 16.9 Å². The number of amides is 1. The molecule has 0 aliphatic carbocycles. The Morgan fingerprint density at radius 2 is 1.88 bits per heavy atom. The minimum atomic E-state index is -4.39. The molecule has 7 heteroatoms. The molecule has 1 aliphatic heterocycles. The quantitative estimate of drug-likeness (QED) is 0.777. The highest BCUT2D eigenvalue weighted by molar-refractivity contribution is 5.91. The first-order valence-electron chi connectivity index (χ1n) is 8.31.